The Hall–Kier alpha value is -1.45. The normalized spacial score (nSPS) is 44.1. The van der Waals surface area contributed by atoms with Gasteiger partial charge in [0, 0.05) is 12.5 Å². The molecule has 5 atom stereocenters. The minimum absolute atomic E-state index is 0.0215. The summed E-state index contributed by atoms with van der Waals surface area (Å²) in [5.74, 6) is 0.304. The van der Waals surface area contributed by atoms with Crippen LogP contribution in [-0.4, -0.2) is 18.0 Å². The van der Waals surface area contributed by atoms with Crippen molar-refractivity contribution in [3.05, 3.63) is 47.5 Å². The first-order valence-corrected chi connectivity index (χ1v) is 7.41. The highest BCUT2D eigenvalue weighted by atomic mass is 16.5. The second-order valence-electron chi connectivity index (χ2n) is 6.30. The minimum atomic E-state index is -0.272. The van der Waals surface area contributed by atoms with Gasteiger partial charge in [-0.25, -0.2) is 0 Å². The van der Waals surface area contributed by atoms with E-state index < -0.39 is 0 Å². The van der Waals surface area contributed by atoms with Gasteiger partial charge in [-0.3, -0.25) is 4.79 Å². The third-order valence-corrected chi connectivity index (χ3v) is 5.45. The first kappa shape index (κ1) is 11.2. The molecule has 2 fully saturated rings. The van der Waals surface area contributed by atoms with Gasteiger partial charge in [0.1, 0.15) is 0 Å². The second-order valence-corrected chi connectivity index (χ2v) is 6.30. The molecule has 3 heterocycles. The third kappa shape index (κ3) is 1.17. The van der Waals surface area contributed by atoms with Gasteiger partial charge >= 0.3 is 0 Å². The van der Waals surface area contributed by atoms with Crippen molar-refractivity contribution in [2.75, 3.05) is 6.61 Å². The molecule has 2 bridgehead atoms. The number of carbonyl (C=O) groups excluding carboxylic acids is 1. The summed E-state index contributed by atoms with van der Waals surface area (Å²) in [6.07, 6.45) is 5.77. The van der Waals surface area contributed by atoms with E-state index in [2.05, 4.69) is 18.2 Å². The van der Waals surface area contributed by atoms with Crippen molar-refractivity contribution in [2.45, 2.75) is 30.7 Å². The largest absolute Gasteiger partial charge is 0.370 e. The van der Waals surface area contributed by atoms with Gasteiger partial charge < -0.3 is 9.47 Å². The maximum absolute atomic E-state index is 12.4. The van der Waals surface area contributed by atoms with Crippen LogP contribution in [0, 0.1) is 11.8 Å². The number of hydrogen-bond donors (Lipinski definition) is 0. The molecule has 20 heavy (non-hydrogen) atoms. The van der Waals surface area contributed by atoms with Gasteiger partial charge in [-0.2, -0.15) is 0 Å². The van der Waals surface area contributed by atoms with Crippen molar-refractivity contribution >= 4 is 5.78 Å². The van der Waals surface area contributed by atoms with E-state index in [1.807, 2.05) is 12.1 Å². The number of ketones is 1. The SMILES string of the molecule is O=C1C=C[C@@]2(CCCO2)[C@@H]2[C@H]1[C@H]1O[C@@H]2c2ccccc21. The van der Waals surface area contributed by atoms with Crippen molar-refractivity contribution < 1.29 is 14.3 Å². The van der Waals surface area contributed by atoms with Crippen molar-refractivity contribution in [3.63, 3.8) is 0 Å². The molecule has 3 aliphatic heterocycles. The molecule has 0 aromatic heterocycles. The Bertz CT molecular complexity index is 627. The number of benzene rings is 1. The van der Waals surface area contributed by atoms with Crippen LogP contribution in [-0.2, 0) is 14.3 Å². The molecule has 102 valence electrons. The lowest BCUT2D eigenvalue weighted by Crippen LogP contribution is -2.47. The first-order chi connectivity index (χ1) is 9.80. The summed E-state index contributed by atoms with van der Waals surface area (Å²) >= 11 is 0. The molecular weight excluding hydrogens is 252 g/mol. The molecule has 0 amide bonds. The predicted octanol–water partition coefficient (Wildman–Crippen LogP) is 2.73. The summed E-state index contributed by atoms with van der Waals surface area (Å²) in [7, 11) is 0. The third-order valence-electron chi connectivity index (χ3n) is 5.45. The summed E-state index contributed by atoms with van der Waals surface area (Å²) in [6, 6.07) is 8.33. The Labute approximate surface area is 117 Å². The van der Waals surface area contributed by atoms with Crippen LogP contribution in [0.4, 0.5) is 0 Å². The zero-order valence-corrected chi connectivity index (χ0v) is 11.1. The number of ether oxygens (including phenoxy) is 2. The van der Waals surface area contributed by atoms with E-state index in [4.69, 9.17) is 9.47 Å². The molecule has 4 aliphatic rings. The van der Waals surface area contributed by atoms with Crippen molar-refractivity contribution in [2.24, 2.45) is 11.8 Å². The quantitative estimate of drug-likeness (QED) is 0.725. The van der Waals surface area contributed by atoms with E-state index in [1.54, 1.807) is 6.08 Å². The van der Waals surface area contributed by atoms with Crippen LogP contribution in [0.1, 0.15) is 36.2 Å². The summed E-state index contributed by atoms with van der Waals surface area (Å²) in [5.41, 5.74) is 2.19. The van der Waals surface area contributed by atoms with Crippen molar-refractivity contribution in [1.82, 2.24) is 0 Å². The van der Waals surface area contributed by atoms with Crippen LogP contribution in [0.15, 0.2) is 36.4 Å². The number of rotatable bonds is 0. The van der Waals surface area contributed by atoms with Gasteiger partial charge in [-0.05, 0) is 36.1 Å². The topological polar surface area (TPSA) is 35.5 Å². The number of allylic oxidation sites excluding steroid dienone is 1. The molecule has 1 aromatic rings. The molecule has 1 aromatic carbocycles. The van der Waals surface area contributed by atoms with E-state index in [9.17, 15) is 4.79 Å². The minimum Gasteiger partial charge on any atom is -0.370 e. The van der Waals surface area contributed by atoms with Crippen LogP contribution in [0.2, 0.25) is 0 Å². The standard InChI is InChI=1S/C17H16O3/c18-12-6-8-17(7-3-9-19-17)14-13(12)15-10-4-1-2-5-11(10)16(14)20-15/h1-2,4-6,8,13-16H,3,7,9H2/t13-,14+,15-,16+,17-/m0/s1. The molecule has 0 radical (unpaired) electrons. The molecular formula is C17H16O3. The first-order valence-electron chi connectivity index (χ1n) is 7.41. The van der Waals surface area contributed by atoms with Crippen molar-refractivity contribution in [3.8, 4) is 0 Å². The fraction of sp³-hybridized carbons (Fsp3) is 0.471. The molecule has 1 aliphatic carbocycles. The highest BCUT2D eigenvalue weighted by Crippen LogP contribution is 2.63. The maximum Gasteiger partial charge on any atom is 0.162 e. The number of hydrogen-bond acceptors (Lipinski definition) is 3. The van der Waals surface area contributed by atoms with Crippen molar-refractivity contribution in [1.29, 1.82) is 0 Å². The highest BCUT2D eigenvalue weighted by molar-refractivity contribution is 5.94. The Balaban J connectivity index is 1.70. The lowest BCUT2D eigenvalue weighted by molar-refractivity contribution is -0.126. The second kappa shape index (κ2) is 3.60. The molecule has 5 rings (SSSR count). The molecule has 0 N–H and O–H groups in total. The fourth-order valence-electron chi connectivity index (χ4n) is 4.68. The van der Waals surface area contributed by atoms with Crippen LogP contribution in [0.3, 0.4) is 0 Å². The average molecular weight is 268 g/mol. The number of fused-ring (bicyclic) bond motifs is 9. The Morgan fingerprint density at radius 3 is 2.70 bits per heavy atom. The van der Waals surface area contributed by atoms with E-state index in [-0.39, 0.29) is 35.4 Å². The van der Waals surface area contributed by atoms with Gasteiger partial charge in [-0.1, -0.05) is 24.3 Å². The number of carbonyl (C=O) groups is 1. The molecule has 1 spiro atoms. The highest BCUT2D eigenvalue weighted by Gasteiger charge is 2.63. The maximum atomic E-state index is 12.4. The van der Waals surface area contributed by atoms with Crippen LogP contribution in [0.5, 0.6) is 0 Å². The van der Waals surface area contributed by atoms with Crippen LogP contribution < -0.4 is 0 Å². The van der Waals surface area contributed by atoms with Gasteiger partial charge in [0.2, 0.25) is 0 Å². The van der Waals surface area contributed by atoms with Crippen LogP contribution in [0.25, 0.3) is 0 Å². The lowest BCUT2D eigenvalue weighted by Gasteiger charge is -2.42. The Morgan fingerprint density at radius 2 is 1.95 bits per heavy atom. The average Bonchev–Trinajstić information content (AvgIpc) is 3.18. The molecule has 3 heteroatoms. The molecule has 2 saturated heterocycles. The molecule has 3 nitrogen and oxygen atoms in total. The molecule has 0 unspecified atom stereocenters. The fourth-order valence-corrected chi connectivity index (χ4v) is 4.68. The Morgan fingerprint density at radius 1 is 1.15 bits per heavy atom. The predicted molar refractivity (Wildman–Crippen MR) is 72.1 cm³/mol. The lowest BCUT2D eigenvalue weighted by atomic mass is 9.63. The van der Waals surface area contributed by atoms with E-state index >= 15 is 0 Å². The van der Waals surface area contributed by atoms with Gasteiger partial charge in [0.15, 0.2) is 5.78 Å². The van der Waals surface area contributed by atoms with Gasteiger partial charge in [-0.15, -0.1) is 0 Å². The van der Waals surface area contributed by atoms with E-state index in [1.165, 1.54) is 11.1 Å². The smallest absolute Gasteiger partial charge is 0.162 e. The van der Waals surface area contributed by atoms with Crippen LogP contribution >= 0.6 is 0 Å². The summed E-state index contributed by atoms with van der Waals surface area (Å²) in [6.45, 7) is 0.792. The Kier molecular flexibility index (Phi) is 2.02. The monoisotopic (exact) mass is 268 g/mol. The summed E-state index contributed by atoms with van der Waals surface area (Å²) in [4.78, 5) is 12.4. The zero-order valence-electron chi connectivity index (χ0n) is 11.1. The zero-order chi connectivity index (χ0) is 13.3. The van der Waals surface area contributed by atoms with E-state index in [0.717, 1.165) is 19.4 Å². The van der Waals surface area contributed by atoms with E-state index in [0.29, 0.717) is 0 Å². The summed E-state index contributed by atoms with van der Waals surface area (Å²) in [5, 5.41) is 0. The molecule has 0 saturated carbocycles. The van der Waals surface area contributed by atoms with Gasteiger partial charge in [0.25, 0.3) is 0 Å². The van der Waals surface area contributed by atoms with Gasteiger partial charge in [0.05, 0.1) is 23.7 Å². The summed E-state index contributed by atoms with van der Waals surface area (Å²) < 4.78 is 12.3.